The van der Waals surface area contributed by atoms with E-state index in [-0.39, 0.29) is 18.0 Å². The summed E-state index contributed by atoms with van der Waals surface area (Å²) < 4.78 is 5.40. The molecule has 24 heavy (non-hydrogen) atoms. The number of piperidine rings is 1. The smallest absolute Gasteiger partial charge is 0.410 e. The number of terminal acetylenes is 1. The van der Waals surface area contributed by atoms with Crippen LogP contribution in [0.3, 0.4) is 0 Å². The van der Waals surface area contributed by atoms with E-state index in [0.29, 0.717) is 24.2 Å². The molecule has 1 fully saturated rings. The number of carbonyl (C=O) groups excluding carboxylic acids is 2. The molecule has 0 radical (unpaired) electrons. The molecule has 1 aliphatic rings. The maximum atomic E-state index is 12.4. The molecule has 2 rings (SSSR count). The summed E-state index contributed by atoms with van der Waals surface area (Å²) in [5, 5.41) is 2.98. The molecule has 1 N–H and O–H groups in total. The number of likely N-dealkylation sites (tertiary alicyclic amines) is 1. The van der Waals surface area contributed by atoms with Crippen LogP contribution in [0.25, 0.3) is 0 Å². The summed E-state index contributed by atoms with van der Waals surface area (Å²) in [6.45, 7) is 6.62. The van der Waals surface area contributed by atoms with Crippen LogP contribution in [0.2, 0.25) is 0 Å². The molecule has 5 heteroatoms. The van der Waals surface area contributed by atoms with Gasteiger partial charge in [-0.05, 0) is 51.8 Å². The topological polar surface area (TPSA) is 58.6 Å². The highest BCUT2D eigenvalue weighted by atomic mass is 16.6. The van der Waals surface area contributed by atoms with E-state index in [0.717, 1.165) is 12.8 Å². The predicted octanol–water partition coefficient (Wildman–Crippen LogP) is 2.80. The molecule has 1 aliphatic heterocycles. The molecule has 1 saturated heterocycles. The van der Waals surface area contributed by atoms with Crippen molar-refractivity contribution in [2.24, 2.45) is 0 Å². The van der Waals surface area contributed by atoms with Crippen molar-refractivity contribution in [3.8, 4) is 12.3 Å². The zero-order chi connectivity index (χ0) is 17.7. The second kappa shape index (κ2) is 7.39. The number of hydrogen-bond donors (Lipinski definition) is 1. The van der Waals surface area contributed by atoms with Crippen LogP contribution in [-0.4, -0.2) is 41.6 Å². The van der Waals surface area contributed by atoms with Crippen LogP contribution in [0.5, 0.6) is 0 Å². The maximum absolute atomic E-state index is 12.4. The van der Waals surface area contributed by atoms with Crippen LogP contribution in [0.4, 0.5) is 4.79 Å². The largest absolute Gasteiger partial charge is 0.444 e. The summed E-state index contributed by atoms with van der Waals surface area (Å²) in [7, 11) is 0. The summed E-state index contributed by atoms with van der Waals surface area (Å²) in [5.74, 6) is 2.34. The highest BCUT2D eigenvalue weighted by molar-refractivity contribution is 5.94. The van der Waals surface area contributed by atoms with Gasteiger partial charge in [-0.25, -0.2) is 4.79 Å². The first-order valence-corrected chi connectivity index (χ1v) is 8.14. The Morgan fingerprint density at radius 3 is 2.79 bits per heavy atom. The highest BCUT2D eigenvalue weighted by Crippen LogP contribution is 2.16. The van der Waals surface area contributed by atoms with E-state index in [1.54, 1.807) is 29.2 Å². The third-order valence-electron chi connectivity index (χ3n) is 3.70. The molecule has 0 aliphatic carbocycles. The zero-order valence-corrected chi connectivity index (χ0v) is 14.5. The summed E-state index contributed by atoms with van der Waals surface area (Å²) >= 11 is 0. The fourth-order valence-corrected chi connectivity index (χ4v) is 2.61. The van der Waals surface area contributed by atoms with Crippen molar-refractivity contribution < 1.29 is 14.3 Å². The Morgan fingerprint density at radius 2 is 2.12 bits per heavy atom. The Hall–Kier alpha value is -2.48. The van der Waals surface area contributed by atoms with Gasteiger partial charge in [-0.15, -0.1) is 6.42 Å². The van der Waals surface area contributed by atoms with Crippen LogP contribution >= 0.6 is 0 Å². The molecule has 1 aromatic carbocycles. The molecule has 0 aromatic heterocycles. The molecule has 5 nitrogen and oxygen atoms in total. The Labute approximate surface area is 143 Å². The normalized spacial score (nSPS) is 17.8. The number of benzene rings is 1. The fourth-order valence-electron chi connectivity index (χ4n) is 2.61. The second-order valence-corrected chi connectivity index (χ2v) is 6.96. The number of rotatable bonds is 2. The molecular weight excluding hydrogens is 304 g/mol. The summed E-state index contributed by atoms with van der Waals surface area (Å²) in [6.07, 6.45) is 6.69. The average molecular weight is 328 g/mol. The summed E-state index contributed by atoms with van der Waals surface area (Å²) in [5.41, 5.74) is 0.671. The first kappa shape index (κ1) is 17.9. The minimum Gasteiger partial charge on any atom is -0.444 e. The number of nitrogens with one attached hydrogen (secondary N) is 1. The van der Waals surface area contributed by atoms with Gasteiger partial charge in [-0.1, -0.05) is 12.0 Å². The maximum Gasteiger partial charge on any atom is 0.410 e. The lowest BCUT2D eigenvalue weighted by molar-refractivity contribution is 0.0185. The predicted molar refractivity (Wildman–Crippen MR) is 92.7 cm³/mol. The fraction of sp³-hybridized carbons (Fsp3) is 0.474. The van der Waals surface area contributed by atoms with Gasteiger partial charge in [0.15, 0.2) is 0 Å². The first-order valence-electron chi connectivity index (χ1n) is 8.14. The van der Waals surface area contributed by atoms with Crippen molar-refractivity contribution >= 4 is 12.0 Å². The highest BCUT2D eigenvalue weighted by Gasteiger charge is 2.28. The molecule has 1 atom stereocenters. The van der Waals surface area contributed by atoms with E-state index < -0.39 is 5.60 Å². The molecule has 1 heterocycles. The molecular formula is C19H24N2O3. The number of amides is 2. The Bertz CT molecular complexity index is 655. The number of carbonyl (C=O) groups is 2. The number of ether oxygens (including phenoxy) is 1. The van der Waals surface area contributed by atoms with E-state index in [9.17, 15) is 9.59 Å². The van der Waals surface area contributed by atoms with Gasteiger partial charge in [0.05, 0.1) is 0 Å². The van der Waals surface area contributed by atoms with Crippen LogP contribution < -0.4 is 5.32 Å². The van der Waals surface area contributed by atoms with Crippen LogP contribution in [0.15, 0.2) is 24.3 Å². The minimum absolute atomic E-state index is 0.0896. The third kappa shape index (κ3) is 5.02. The minimum atomic E-state index is -0.525. The van der Waals surface area contributed by atoms with E-state index >= 15 is 0 Å². The van der Waals surface area contributed by atoms with Gasteiger partial charge in [-0.3, -0.25) is 4.79 Å². The zero-order valence-electron chi connectivity index (χ0n) is 14.5. The van der Waals surface area contributed by atoms with Gasteiger partial charge in [0.25, 0.3) is 5.91 Å². The van der Waals surface area contributed by atoms with E-state index in [2.05, 4.69) is 11.2 Å². The van der Waals surface area contributed by atoms with E-state index in [4.69, 9.17) is 11.2 Å². The molecule has 0 unspecified atom stereocenters. The molecule has 1 aromatic rings. The van der Waals surface area contributed by atoms with Crippen molar-refractivity contribution in [2.75, 3.05) is 13.1 Å². The van der Waals surface area contributed by atoms with Crippen molar-refractivity contribution in [1.29, 1.82) is 0 Å². The molecule has 128 valence electrons. The van der Waals surface area contributed by atoms with E-state index in [1.807, 2.05) is 20.8 Å². The third-order valence-corrected chi connectivity index (χ3v) is 3.70. The first-order chi connectivity index (χ1) is 11.3. The molecule has 0 spiro atoms. The monoisotopic (exact) mass is 328 g/mol. The van der Waals surface area contributed by atoms with Crippen molar-refractivity contribution in [3.05, 3.63) is 35.4 Å². The lowest BCUT2D eigenvalue weighted by Gasteiger charge is -2.34. The standard InChI is InChI=1S/C19H24N2O3/c1-5-14-8-6-9-15(12-14)17(22)20-16-10-7-11-21(13-16)18(23)24-19(2,3)4/h1,6,8-9,12,16H,7,10-11,13H2,2-4H3,(H,20,22)/t16-/m1/s1. The SMILES string of the molecule is C#Cc1cccc(C(=O)N[C@@H]2CCCN(C(=O)OC(C)(C)C)C2)c1. The Balaban J connectivity index is 1.96. The molecule has 0 bridgehead atoms. The van der Waals surface area contributed by atoms with E-state index in [1.165, 1.54) is 0 Å². The molecule has 2 amide bonds. The van der Waals surface area contributed by atoms with Crippen LogP contribution in [0, 0.1) is 12.3 Å². The van der Waals surface area contributed by atoms with Crippen molar-refractivity contribution in [2.45, 2.75) is 45.3 Å². The lowest BCUT2D eigenvalue weighted by Crippen LogP contribution is -2.50. The van der Waals surface area contributed by atoms with Gasteiger partial charge in [0.2, 0.25) is 0 Å². The average Bonchev–Trinajstić information content (AvgIpc) is 2.53. The lowest BCUT2D eigenvalue weighted by atomic mass is 10.0. The second-order valence-electron chi connectivity index (χ2n) is 6.96. The number of nitrogens with zero attached hydrogens (tertiary/aromatic N) is 1. The van der Waals surface area contributed by atoms with Crippen LogP contribution in [0.1, 0.15) is 49.5 Å². The van der Waals surface area contributed by atoms with Gasteiger partial charge < -0.3 is 15.0 Å². The Morgan fingerprint density at radius 1 is 1.38 bits per heavy atom. The summed E-state index contributed by atoms with van der Waals surface area (Å²) in [6, 6.07) is 6.86. The summed E-state index contributed by atoms with van der Waals surface area (Å²) in [4.78, 5) is 26.2. The van der Waals surface area contributed by atoms with Gasteiger partial charge in [-0.2, -0.15) is 0 Å². The number of hydrogen-bond acceptors (Lipinski definition) is 3. The van der Waals surface area contributed by atoms with Crippen molar-refractivity contribution in [1.82, 2.24) is 10.2 Å². The van der Waals surface area contributed by atoms with Crippen molar-refractivity contribution in [3.63, 3.8) is 0 Å². The van der Waals surface area contributed by atoms with Crippen LogP contribution in [-0.2, 0) is 4.74 Å². The van der Waals surface area contributed by atoms with Gasteiger partial charge >= 0.3 is 6.09 Å². The van der Waals surface area contributed by atoms with Gasteiger partial charge in [0.1, 0.15) is 5.60 Å². The quantitative estimate of drug-likeness (QED) is 0.849. The molecule has 0 saturated carbocycles. The van der Waals surface area contributed by atoms with Gasteiger partial charge in [0, 0.05) is 30.3 Å². The Kier molecular flexibility index (Phi) is 5.50.